The lowest BCUT2D eigenvalue weighted by molar-refractivity contribution is -0.167. The normalized spacial score (nSPS) is 37.8. The molecule has 1 amide bonds. The van der Waals surface area contributed by atoms with Crippen molar-refractivity contribution in [1.82, 2.24) is 4.98 Å². The summed E-state index contributed by atoms with van der Waals surface area (Å²) in [6.45, 7) is 16.4. The van der Waals surface area contributed by atoms with Gasteiger partial charge in [-0.2, -0.15) is 0 Å². The Hall–Kier alpha value is -2.17. The largest absolute Gasteiger partial charge is 0.462 e. The van der Waals surface area contributed by atoms with Crippen LogP contribution in [0.4, 0.5) is 5.69 Å². The van der Waals surface area contributed by atoms with Crippen molar-refractivity contribution < 1.29 is 14.3 Å². The van der Waals surface area contributed by atoms with Crippen LogP contribution in [-0.4, -0.2) is 23.0 Å². The van der Waals surface area contributed by atoms with Gasteiger partial charge in [0, 0.05) is 36.8 Å². The number of pyridine rings is 1. The number of hydrogen-bond donors (Lipinski definition) is 1. The number of nitrogens with zero attached hydrogens (tertiary/aromatic N) is 1. The fourth-order valence-electron chi connectivity index (χ4n) is 10.2. The Morgan fingerprint density at radius 2 is 1.72 bits per heavy atom. The maximum absolute atomic E-state index is 12.7. The molecule has 5 heteroatoms. The fourth-order valence-corrected chi connectivity index (χ4v) is 10.2. The molecule has 0 aromatic carbocycles. The minimum Gasteiger partial charge on any atom is -0.462 e. The first-order valence-corrected chi connectivity index (χ1v) is 15.4. The first-order chi connectivity index (χ1) is 18.3. The van der Waals surface area contributed by atoms with Gasteiger partial charge in [0.25, 0.3) is 0 Å². The lowest BCUT2D eigenvalue weighted by Gasteiger charge is -2.62. The van der Waals surface area contributed by atoms with E-state index in [-0.39, 0.29) is 39.6 Å². The Bertz CT molecular complexity index is 1140. The highest BCUT2D eigenvalue weighted by molar-refractivity contribution is 5.90. The van der Waals surface area contributed by atoms with E-state index in [2.05, 4.69) is 51.8 Å². The van der Waals surface area contributed by atoms with Crippen LogP contribution < -0.4 is 5.32 Å². The number of carbonyl (C=O) groups excluding carboxylic acids is 2. The third-order valence-corrected chi connectivity index (χ3v) is 12.5. The van der Waals surface area contributed by atoms with Crippen molar-refractivity contribution in [3.05, 3.63) is 35.7 Å². The number of nitrogens with one attached hydrogen (secondary N) is 1. The van der Waals surface area contributed by atoms with E-state index in [0.717, 1.165) is 24.9 Å². The molecule has 39 heavy (non-hydrogen) atoms. The van der Waals surface area contributed by atoms with E-state index in [9.17, 15) is 9.59 Å². The van der Waals surface area contributed by atoms with Crippen LogP contribution in [0.5, 0.6) is 0 Å². The smallest absolute Gasteiger partial charge is 0.302 e. The number of aromatic nitrogens is 1. The number of anilines is 1. The number of esters is 1. The van der Waals surface area contributed by atoms with E-state index in [1.807, 2.05) is 12.1 Å². The molecular weight excluding hydrogens is 484 g/mol. The molecule has 1 heterocycles. The summed E-state index contributed by atoms with van der Waals surface area (Å²) >= 11 is 0. The average Bonchev–Trinajstić information content (AvgIpc) is 3.16. The van der Waals surface area contributed by atoms with Crippen LogP contribution >= 0.6 is 0 Å². The minimum absolute atomic E-state index is 0.0115. The van der Waals surface area contributed by atoms with Gasteiger partial charge in [-0.05, 0) is 104 Å². The standard InChI is InChI=1S/C34H50N2O3/c1-22(8-11-30(38)36-24-15-20-35-21-16-24)25-12-18-34(7)27-9-10-28-31(3,4)29(39-23(2)37)14-17-32(28,5)26(27)13-19-33(25,34)6/h15-16,20-22,25,28-29H,8-14,17-19H2,1-7H3,(H,35,36,38)/t22-,25-,28+,29+,32-,33-,34+/m1/s1. The third-order valence-electron chi connectivity index (χ3n) is 12.5. The predicted octanol–water partition coefficient (Wildman–Crippen LogP) is 8.12. The van der Waals surface area contributed by atoms with Crippen LogP contribution in [0.25, 0.3) is 0 Å². The van der Waals surface area contributed by atoms with E-state index < -0.39 is 0 Å². The molecule has 0 unspecified atom stereocenters. The molecule has 2 fully saturated rings. The number of allylic oxidation sites excluding steroid dienone is 2. The number of rotatable bonds is 6. The molecule has 1 N–H and O–H groups in total. The molecule has 4 aliphatic carbocycles. The molecule has 5 rings (SSSR count). The van der Waals surface area contributed by atoms with Gasteiger partial charge in [0.2, 0.25) is 5.91 Å². The molecule has 5 nitrogen and oxygen atoms in total. The van der Waals surface area contributed by atoms with Gasteiger partial charge in [0.15, 0.2) is 0 Å². The second-order valence-corrected chi connectivity index (χ2v) is 14.6. The van der Waals surface area contributed by atoms with Crippen molar-refractivity contribution in [3.63, 3.8) is 0 Å². The molecule has 0 radical (unpaired) electrons. The highest BCUT2D eigenvalue weighted by Gasteiger charge is 2.63. The lowest BCUT2D eigenvalue weighted by Crippen LogP contribution is -2.55. The maximum Gasteiger partial charge on any atom is 0.302 e. The predicted molar refractivity (Wildman–Crippen MR) is 156 cm³/mol. The Labute approximate surface area is 236 Å². The molecular formula is C34H50N2O3. The van der Waals surface area contributed by atoms with Gasteiger partial charge in [-0.1, -0.05) is 52.7 Å². The van der Waals surface area contributed by atoms with Crippen LogP contribution in [0.3, 0.4) is 0 Å². The topological polar surface area (TPSA) is 68.3 Å². The van der Waals surface area contributed by atoms with Gasteiger partial charge >= 0.3 is 5.97 Å². The van der Waals surface area contributed by atoms with Gasteiger partial charge in [0.1, 0.15) is 6.10 Å². The third kappa shape index (κ3) is 4.56. The van der Waals surface area contributed by atoms with Gasteiger partial charge < -0.3 is 10.1 Å². The zero-order valence-electron chi connectivity index (χ0n) is 25.4. The van der Waals surface area contributed by atoms with Crippen LogP contribution in [0.15, 0.2) is 35.7 Å². The van der Waals surface area contributed by atoms with Crippen LogP contribution in [-0.2, 0) is 14.3 Å². The van der Waals surface area contributed by atoms with Crippen molar-refractivity contribution in [2.75, 3.05) is 5.32 Å². The molecule has 0 saturated heterocycles. The lowest BCUT2D eigenvalue weighted by atomic mass is 9.43. The van der Waals surface area contributed by atoms with Crippen LogP contribution in [0.1, 0.15) is 113 Å². The zero-order chi connectivity index (χ0) is 28.2. The summed E-state index contributed by atoms with van der Waals surface area (Å²) in [4.78, 5) is 28.6. The molecule has 0 aliphatic heterocycles. The molecule has 214 valence electrons. The summed E-state index contributed by atoms with van der Waals surface area (Å²) < 4.78 is 5.87. The fraction of sp³-hybridized carbons (Fsp3) is 0.735. The van der Waals surface area contributed by atoms with Gasteiger partial charge in [-0.25, -0.2) is 0 Å². The quantitative estimate of drug-likeness (QED) is 0.296. The summed E-state index contributed by atoms with van der Waals surface area (Å²) in [5.41, 5.74) is 5.07. The summed E-state index contributed by atoms with van der Waals surface area (Å²) in [6.07, 6.45) is 14.4. The van der Waals surface area contributed by atoms with E-state index in [1.165, 1.54) is 38.5 Å². The number of amides is 1. The minimum atomic E-state index is -0.144. The van der Waals surface area contributed by atoms with Crippen molar-refractivity contribution in [3.8, 4) is 0 Å². The number of ether oxygens (including phenoxy) is 1. The van der Waals surface area contributed by atoms with Crippen molar-refractivity contribution in [2.24, 2.45) is 39.4 Å². The monoisotopic (exact) mass is 534 g/mol. The Kier molecular flexibility index (Phi) is 7.29. The molecule has 7 atom stereocenters. The van der Waals surface area contributed by atoms with Crippen LogP contribution in [0, 0.1) is 39.4 Å². The highest BCUT2D eigenvalue weighted by Crippen LogP contribution is 2.72. The summed E-state index contributed by atoms with van der Waals surface area (Å²) in [5, 5.41) is 3.03. The van der Waals surface area contributed by atoms with Crippen molar-refractivity contribution >= 4 is 17.6 Å². The second-order valence-electron chi connectivity index (χ2n) is 14.6. The number of fused-ring (bicyclic) bond motifs is 4. The van der Waals surface area contributed by atoms with Crippen molar-refractivity contribution in [1.29, 1.82) is 0 Å². The Morgan fingerprint density at radius 1 is 1.00 bits per heavy atom. The maximum atomic E-state index is 12.7. The van der Waals surface area contributed by atoms with Crippen molar-refractivity contribution in [2.45, 2.75) is 119 Å². The van der Waals surface area contributed by atoms with Gasteiger partial charge in [-0.15, -0.1) is 0 Å². The molecule has 0 bridgehead atoms. The van der Waals surface area contributed by atoms with E-state index in [0.29, 0.717) is 24.2 Å². The molecule has 1 aromatic heterocycles. The average molecular weight is 535 g/mol. The first kappa shape index (κ1) is 28.4. The van der Waals surface area contributed by atoms with Gasteiger partial charge in [0.05, 0.1) is 0 Å². The van der Waals surface area contributed by atoms with Crippen LogP contribution in [0.2, 0.25) is 0 Å². The number of hydrogen-bond acceptors (Lipinski definition) is 4. The van der Waals surface area contributed by atoms with E-state index in [1.54, 1.807) is 30.5 Å². The first-order valence-electron chi connectivity index (χ1n) is 15.4. The van der Waals surface area contributed by atoms with E-state index >= 15 is 0 Å². The Balaban J connectivity index is 1.33. The summed E-state index contributed by atoms with van der Waals surface area (Å²) in [7, 11) is 0. The molecule has 4 aliphatic rings. The summed E-state index contributed by atoms with van der Waals surface area (Å²) in [6, 6.07) is 3.69. The summed E-state index contributed by atoms with van der Waals surface area (Å²) in [5.74, 6) is 1.67. The second kappa shape index (κ2) is 10.0. The molecule has 2 saturated carbocycles. The molecule has 1 aromatic rings. The van der Waals surface area contributed by atoms with E-state index in [4.69, 9.17) is 4.74 Å². The number of carbonyl (C=O) groups is 2. The zero-order valence-corrected chi connectivity index (χ0v) is 25.4. The van der Waals surface area contributed by atoms with Gasteiger partial charge in [-0.3, -0.25) is 14.6 Å². The highest BCUT2D eigenvalue weighted by atomic mass is 16.5. The Morgan fingerprint density at radius 3 is 2.41 bits per heavy atom. The SMILES string of the molecule is CC(=O)O[C@H]1CC[C@]2(C)C3=C(CC[C@H]2C1(C)C)[C@]1(C)CC[C@H]([C@H](C)CCC(=O)Nc2ccncc2)[C@@]1(C)CC3. The molecule has 0 spiro atoms.